The van der Waals surface area contributed by atoms with Crippen molar-refractivity contribution in [1.29, 1.82) is 0 Å². The van der Waals surface area contributed by atoms with E-state index in [-0.39, 0.29) is 46.3 Å². The molecule has 4 aliphatic rings. The Morgan fingerprint density at radius 2 is 1.83 bits per heavy atom. The topological polar surface area (TPSA) is 66.6 Å². The highest BCUT2D eigenvalue weighted by atomic mass is 16.3. The lowest BCUT2D eigenvalue weighted by molar-refractivity contribution is -0.147. The Balaban J connectivity index is 1.73. The van der Waals surface area contributed by atoms with Gasteiger partial charge in [-0.25, -0.2) is 0 Å². The van der Waals surface area contributed by atoms with E-state index in [0.717, 1.165) is 32.1 Å². The molecule has 170 valence electrons. The fourth-order valence-electron chi connectivity index (χ4n) is 8.45. The van der Waals surface area contributed by atoms with Gasteiger partial charge in [0.1, 0.15) is 5.78 Å². The van der Waals surface area contributed by atoms with Crippen LogP contribution in [0.1, 0.15) is 73.1 Å². The van der Waals surface area contributed by atoms with Crippen LogP contribution in [0.5, 0.6) is 0 Å². The molecule has 0 aromatic carbocycles. The number of nitrogens with zero attached hydrogens (tertiary/aromatic N) is 1. The zero-order chi connectivity index (χ0) is 22.2. The molecule has 4 nitrogen and oxygen atoms in total. The third-order valence-electron chi connectivity index (χ3n) is 10.8. The van der Waals surface area contributed by atoms with E-state index in [2.05, 4.69) is 59.7 Å². The third-order valence-corrected chi connectivity index (χ3v) is 10.8. The molecule has 0 radical (unpaired) electrons. The van der Waals surface area contributed by atoms with Crippen molar-refractivity contribution in [2.24, 2.45) is 45.7 Å². The van der Waals surface area contributed by atoms with Gasteiger partial charge in [-0.15, -0.1) is 0 Å². The summed E-state index contributed by atoms with van der Waals surface area (Å²) in [6, 6.07) is 0.450. The van der Waals surface area contributed by atoms with E-state index in [4.69, 9.17) is 5.73 Å². The van der Waals surface area contributed by atoms with E-state index in [1.54, 1.807) is 0 Å². The minimum atomic E-state index is -0.335. The number of nitrogens with two attached hydrogens (primary N) is 1. The molecule has 0 amide bonds. The Morgan fingerprint density at radius 1 is 1.17 bits per heavy atom. The number of Topliss-reactive ketones (excluding diaryl/α,β-unsaturated/α-hetero) is 1. The fraction of sp³-hybridized carbons (Fsp3) is 0.885. The van der Waals surface area contributed by atoms with Crippen molar-refractivity contribution in [1.82, 2.24) is 4.90 Å². The summed E-state index contributed by atoms with van der Waals surface area (Å²) in [4.78, 5) is 15.9. The molecule has 0 aromatic heterocycles. The Morgan fingerprint density at radius 3 is 2.47 bits per heavy atom. The molecule has 4 rings (SSSR count). The maximum Gasteiger partial charge on any atom is 0.137 e. The fourth-order valence-corrected chi connectivity index (χ4v) is 8.45. The highest BCUT2D eigenvalue weighted by Gasteiger charge is 2.67. The first-order valence-electron chi connectivity index (χ1n) is 12.2. The van der Waals surface area contributed by atoms with Gasteiger partial charge in [0.2, 0.25) is 0 Å². The molecule has 4 aliphatic carbocycles. The highest BCUT2D eigenvalue weighted by molar-refractivity contribution is 5.84. The zero-order valence-electron chi connectivity index (χ0n) is 20.2. The van der Waals surface area contributed by atoms with Crippen molar-refractivity contribution < 1.29 is 9.90 Å². The number of hydrogen-bond donors (Lipinski definition) is 2. The maximum absolute atomic E-state index is 13.7. The van der Waals surface area contributed by atoms with E-state index >= 15 is 0 Å². The molecule has 0 saturated heterocycles. The molecule has 0 heterocycles. The van der Waals surface area contributed by atoms with Crippen LogP contribution in [0.3, 0.4) is 0 Å². The van der Waals surface area contributed by atoms with Crippen molar-refractivity contribution in [2.45, 2.75) is 91.3 Å². The van der Waals surface area contributed by atoms with Gasteiger partial charge in [0.25, 0.3) is 0 Å². The smallest absolute Gasteiger partial charge is 0.137 e. The summed E-state index contributed by atoms with van der Waals surface area (Å²) in [7, 11) is 4.19. The summed E-state index contributed by atoms with van der Waals surface area (Å²) >= 11 is 0. The molecule has 0 aromatic rings. The number of rotatable bonds is 2. The van der Waals surface area contributed by atoms with Gasteiger partial charge in [-0.3, -0.25) is 4.79 Å². The van der Waals surface area contributed by atoms with Gasteiger partial charge >= 0.3 is 0 Å². The molecule has 3 N–H and O–H groups in total. The van der Waals surface area contributed by atoms with Crippen LogP contribution in [0.25, 0.3) is 0 Å². The van der Waals surface area contributed by atoms with E-state index in [1.165, 1.54) is 5.57 Å². The van der Waals surface area contributed by atoms with Crippen LogP contribution >= 0.6 is 0 Å². The molecule has 0 bridgehead atoms. The van der Waals surface area contributed by atoms with Crippen molar-refractivity contribution in [3.05, 3.63) is 11.6 Å². The van der Waals surface area contributed by atoms with E-state index in [1.807, 2.05) is 0 Å². The van der Waals surface area contributed by atoms with Crippen molar-refractivity contribution in [3.63, 3.8) is 0 Å². The van der Waals surface area contributed by atoms with Crippen LogP contribution in [0.4, 0.5) is 0 Å². The molecule has 30 heavy (non-hydrogen) atoms. The molecule has 0 spiro atoms. The summed E-state index contributed by atoms with van der Waals surface area (Å²) in [6.07, 6.45) is 7.53. The largest absolute Gasteiger partial charge is 0.393 e. The van der Waals surface area contributed by atoms with Crippen molar-refractivity contribution in [3.8, 4) is 0 Å². The van der Waals surface area contributed by atoms with Crippen LogP contribution in [0.2, 0.25) is 0 Å². The van der Waals surface area contributed by atoms with Gasteiger partial charge in [0.05, 0.1) is 6.10 Å². The van der Waals surface area contributed by atoms with Gasteiger partial charge in [-0.2, -0.15) is 0 Å². The summed E-state index contributed by atoms with van der Waals surface area (Å²) in [6.45, 7) is 11.6. The van der Waals surface area contributed by atoms with Gasteiger partial charge in [0.15, 0.2) is 0 Å². The average Bonchev–Trinajstić information content (AvgIpc) is 2.77. The SMILES string of the molecule is C[C@@H](C1[C@H](O)C[C@@]2(C)C3CCC4C(=CC[C@H](N)C4(C)C)CC3C(=O)CC12C)N(C)C. The quantitative estimate of drug-likeness (QED) is 0.667. The van der Waals surface area contributed by atoms with E-state index in [9.17, 15) is 9.90 Å². The van der Waals surface area contributed by atoms with Crippen LogP contribution in [-0.4, -0.2) is 48.1 Å². The lowest BCUT2D eigenvalue weighted by atomic mass is 9.48. The second-order valence-corrected chi connectivity index (χ2v) is 12.5. The predicted octanol–water partition coefficient (Wildman–Crippen LogP) is 4.02. The van der Waals surface area contributed by atoms with Crippen molar-refractivity contribution >= 4 is 5.78 Å². The first-order chi connectivity index (χ1) is 13.8. The molecule has 3 saturated carbocycles. The normalized spacial score (nSPS) is 49.0. The van der Waals surface area contributed by atoms with Crippen molar-refractivity contribution in [2.75, 3.05) is 14.1 Å². The van der Waals surface area contributed by atoms with Gasteiger partial charge in [-0.1, -0.05) is 39.3 Å². The molecule has 9 atom stereocenters. The monoisotopic (exact) mass is 416 g/mol. The summed E-state index contributed by atoms with van der Waals surface area (Å²) < 4.78 is 0. The number of aliphatic hydroxyl groups is 1. The minimum absolute atomic E-state index is 0.000241. The second-order valence-electron chi connectivity index (χ2n) is 12.5. The summed E-state index contributed by atoms with van der Waals surface area (Å²) in [5.74, 6) is 1.54. The molecule has 0 aliphatic heterocycles. The molecule has 5 unspecified atom stereocenters. The molecule has 3 fully saturated rings. The Labute approximate surface area is 183 Å². The molecular formula is C26H44N2O2. The maximum atomic E-state index is 13.7. The Bertz CT molecular complexity index is 743. The standard InChI is InChI=1S/C26H44N2O2/c1-15(28(6)7)23-21(30)14-25(4)19-10-9-18-16(8-11-22(27)24(18,2)3)12-17(19)20(29)13-26(23,25)5/h8,15,17-19,21-23,30H,9-14,27H2,1-7H3/t15-,17?,18?,19?,21+,22-,23?,25-,26?/m0/s1. The zero-order valence-corrected chi connectivity index (χ0v) is 20.2. The second kappa shape index (κ2) is 7.15. The number of allylic oxidation sites excluding steroid dienone is 1. The number of hydrogen-bond acceptors (Lipinski definition) is 4. The summed E-state index contributed by atoms with van der Waals surface area (Å²) in [5.41, 5.74) is 7.95. The Hall–Kier alpha value is -0.710. The van der Waals surface area contributed by atoms with Crippen LogP contribution in [-0.2, 0) is 4.79 Å². The van der Waals surface area contributed by atoms with Crippen LogP contribution < -0.4 is 5.73 Å². The minimum Gasteiger partial charge on any atom is -0.393 e. The highest BCUT2D eigenvalue weighted by Crippen LogP contribution is 2.69. The van der Waals surface area contributed by atoms with Gasteiger partial charge < -0.3 is 15.7 Å². The van der Waals surface area contributed by atoms with Gasteiger partial charge in [-0.05, 0) is 81.2 Å². The average molecular weight is 417 g/mol. The first-order valence-corrected chi connectivity index (χ1v) is 12.2. The lowest BCUT2D eigenvalue weighted by Crippen LogP contribution is -2.55. The predicted molar refractivity (Wildman–Crippen MR) is 122 cm³/mol. The first kappa shape index (κ1) is 22.5. The third kappa shape index (κ3) is 2.93. The molecular weight excluding hydrogens is 372 g/mol. The van der Waals surface area contributed by atoms with E-state index in [0.29, 0.717) is 24.0 Å². The number of carbonyl (C=O) groups is 1. The summed E-state index contributed by atoms with van der Waals surface area (Å²) in [5, 5.41) is 11.3. The number of fused-ring (bicyclic) bond motifs is 4. The van der Waals surface area contributed by atoms with Crippen LogP contribution in [0, 0.1) is 39.9 Å². The van der Waals surface area contributed by atoms with E-state index < -0.39 is 0 Å². The Kier molecular flexibility index (Phi) is 5.36. The number of aliphatic hydroxyl groups excluding tert-OH is 1. The lowest BCUT2D eigenvalue weighted by Gasteiger charge is -2.56. The number of carbonyl (C=O) groups excluding carboxylic acids is 1. The van der Waals surface area contributed by atoms with Gasteiger partial charge in [0, 0.05) is 30.3 Å². The number of ketones is 1. The molecule has 4 heteroatoms. The van der Waals surface area contributed by atoms with Crippen LogP contribution in [0.15, 0.2) is 11.6 Å².